The Hall–Kier alpha value is -4.37. The van der Waals surface area contributed by atoms with E-state index in [2.05, 4.69) is 43.5 Å². The molecule has 1 aliphatic heterocycles. The first-order valence-corrected chi connectivity index (χ1v) is 11.1. The lowest BCUT2D eigenvalue weighted by Gasteiger charge is -2.22. The van der Waals surface area contributed by atoms with E-state index < -0.39 is 17.2 Å². The van der Waals surface area contributed by atoms with E-state index in [1.54, 1.807) is 23.6 Å². The predicted molar refractivity (Wildman–Crippen MR) is 128 cm³/mol. The monoisotopic (exact) mass is 492 g/mol. The van der Waals surface area contributed by atoms with E-state index in [-0.39, 0.29) is 40.5 Å². The van der Waals surface area contributed by atoms with Crippen LogP contribution in [0.3, 0.4) is 0 Å². The number of nitrogens with one attached hydrogen (secondary N) is 1. The zero-order valence-electron chi connectivity index (χ0n) is 19.5. The maximum absolute atomic E-state index is 15.0. The van der Waals surface area contributed by atoms with Crippen LogP contribution in [0.5, 0.6) is 0 Å². The second kappa shape index (κ2) is 9.01. The van der Waals surface area contributed by atoms with Crippen molar-refractivity contribution in [2.45, 2.75) is 25.4 Å². The SMILES string of the molecule is C=CC(=O)N1CC(n2nc(C#Cc3c(F)cc4[nH]c(C)nc4c3F)c3c(N)ncnc32)C[C@@H]1COC. The molecule has 5 rings (SSSR count). The Morgan fingerprint density at radius 1 is 1.39 bits per heavy atom. The van der Waals surface area contributed by atoms with Gasteiger partial charge in [0.1, 0.15) is 35.0 Å². The van der Waals surface area contributed by atoms with Crippen LogP contribution in [0.2, 0.25) is 0 Å². The van der Waals surface area contributed by atoms with Gasteiger partial charge in [-0.05, 0) is 25.3 Å². The molecule has 1 aromatic carbocycles. The van der Waals surface area contributed by atoms with E-state index in [0.717, 1.165) is 6.07 Å². The third-order valence-corrected chi connectivity index (χ3v) is 6.17. The molecule has 4 aromatic rings. The predicted octanol–water partition coefficient (Wildman–Crippen LogP) is 2.25. The van der Waals surface area contributed by atoms with Crippen molar-refractivity contribution in [1.82, 2.24) is 34.6 Å². The van der Waals surface area contributed by atoms with Gasteiger partial charge in [0.05, 0.1) is 35.2 Å². The highest BCUT2D eigenvalue weighted by molar-refractivity contribution is 5.91. The van der Waals surface area contributed by atoms with Gasteiger partial charge in [0.25, 0.3) is 0 Å². The molecule has 1 aliphatic rings. The first-order valence-electron chi connectivity index (χ1n) is 11.1. The van der Waals surface area contributed by atoms with Gasteiger partial charge in [-0.2, -0.15) is 5.10 Å². The number of aromatic nitrogens is 6. The number of amides is 1. The van der Waals surface area contributed by atoms with Crippen molar-refractivity contribution in [3.8, 4) is 11.8 Å². The number of nitrogens with zero attached hydrogens (tertiary/aromatic N) is 6. The minimum absolute atomic E-state index is 0.00134. The number of H-pyrrole nitrogens is 1. The first kappa shape index (κ1) is 23.4. The van der Waals surface area contributed by atoms with E-state index in [1.165, 1.54) is 12.4 Å². The van der Waals surface area contributed by atoms with Crippen LogP contribution in [-0.4, -0.2) is 66.8 Å². The molecule has 0 aliphatic carbocycles. The van der Waals surface area contributed by atoms with Gasteiger partial charge in [0.15, 0.2) is 11.5 Å². The summed E-state index contributed by atoms with van der Waals surface area (Å²) in [5, 5.41) is 4.94. The van der Waals surface area contributed by atoms with E-state index >= 15 is 4.39 Å². The van der Waals surface area contributed by atoms with Crippen molar-refractivity contribution >= 4 is 33.8 Å². The largest absolute Gasteiger partial charge is 0.383 e. The fourth-order valence-electron chi connectivity index (χ4n) is 4.58. The Balaban J connectivity index is 1.59. The Labute approximate surface area is 204 Å². The van der Waals surface area contributed by atoms with Crippen molar-refractivity contribution in [3.63, 3.8) is 0 Å². The Morgan fingerprint density at radius 2 is 2.19 bits per heavy atom. The molecule has 36 heavy (non-hydrogen) atoms. The van der Waals surface area contributed by atoms with Crippen molar-refractivity contribution in [2.24, 2.45) is 0 Å². The molecule has 0 saturated carbocycles. The van der Waals surface area contributed by atoms with Crippen LogP contribution in [0.15, 0.2) is 25.0 Å². The molecular weight excluding hydrogens is 470 g/mol. The number of fused-ring (bicyclic) bond motifs is 2. The van der Waals surface area contributed by atoms with Crippen molar-refractivity contribution in [3.05, 3.63) is 53.8 Å². The number of halogens is 2. The summed E-state index contributed by atoms with van der Waals surface area (Å²) < 4.78 is 36.6. The maximum atomic E-state index is 15.0. The lowest BCUT2D eigenvalue weighted by Crippen LogP contribution is -2.37. The number of hydrogen-bond acceptors (Lipinski definition) is 7. The molecule has 0 spiro atoms. The highest BCUT2D eigenvalue weighted by atomic mass is 19.1. The average molecular weight is 492 g/mol. The molecule has 2 atom stereocenters. The van der Waals surface area contributed by atoms with E-state index in [0.29, 0.717) is 36.4 Å². The Morgan fingerprint density at radius 3 is 2.94 bits per heavy atom. The summed E-state index contributed by atoms with van der Waals surface area (Å²) in [7, 11) is 1.56. The molecular formula is C24H22F2N8O2. The number of nitrogens with two attached hydrogens (primary N) is 1. The summed E-state index contributed by atoms with van der Waals surface area (Å²) in [6, 6.07) is 0.694. The highest BCUT2D eigenvalue weighted by Gasteiger charge is 2.37. The number of carbonyl (C=O) groups excluding carboxylic acids is 1. The third-order valence-electron chi connectivity index (χ3n) is 6.17. The molecule has 4 heterocycles. The molecule has 1 saturated heterocycles. The normalized spacial score (nSPS) is 17.5. The molecule has 1 unspecified atom stereocenters. The van der Waals surface area contributed by atoms with Gasteiger partial charge in [-0.1, -0.05) is 12.5 Å². The summed E-state index contributed by atoms with van der Waals surface area (Å²) in [6.07, 6.45) is 3.10. The van der Waals surface area contributed by atoms with Crippen LogP contribution in [0.4, 0.5) is 14.6 Å². The van der Waals surface area contributed by atoms with Crippen LogP contribution in [0.1, 0.15) is 29.5 Å². The van der Waals surface area contributed by atoms with Gasteiger partial charge >= 0.3 is 0 Å². The molecule has 3 aromatic heterocycles. The molecule has 1 fully saturated rings. The number of aryl methyl sites for hydroxylation is 1. The fraction of sp³-hybridized carbons (Fsp3) is 0.292. The third kappa shape index (κ3) is 3.83. The van der Waals surface area contributed by atoms with Crippen molar-refractivity contribution < 1.29 is 18.3 Å². The van der Waals surface area contributed by atoms with Crippen LogP contribution in [0.25, 0.3) is 22.1 Å². The van der Waals surface area contributed by atoms with E-state index in [9.17, 15) is 9.18 Å². The number of ether oxygens (including phenoxy) is 1. The van der Waals surface area contributed by atoms with Gasteiger partial charge < -0.3 is 20.4 Å². The molecule has 184 valence electrons. The van der Waals surface area contributed by atoms with Gasteiger partial charge in [0.2, 0.25) is 5.91 Å². The number of likely N-dealkylation sites (tertiary alicyclic amines) is 1. The number of benzene rings is 1. The molecule has 12 heteroatoms. The van der Waals surface area contributed by atoms with Crippen LogP contribution >= 0.6 is 0 Å². The maximum Gasteiger partial charge on any atom is 0.246 e. The van der Waals surface area contributed by atoms with Crippen LogP contribution < -0.4 is 5.73 Å². The standard InChI is InChI=1S/C24H22F2N8O2/c1-4-19(35)33-9-13(7-14(33)10-36-3)34-24-20(23(27)28-11-29-24)17(32-34)6-5-15-16(25)8-18-22(21(15)26)31-12(2)30-18/h4,8,11,13-14H,1,7,9-10H2,2-3H3,(H,30,31)(H2,27,28,29)/t13?,14-/m1/s1. The quantitative estimate of drug-likeness (QED) is 0.330. The lowest BCUT2D eigenvalue weighted by atomic mass is 10.1. The minimum Gasteiger partial charge on any atom is -0.383 e. The van der Waals surface area contributed by atoms with Crippen molar-refractivity contribution in [1.29, 1.82) is 0 Å². The smallest absolute Gasteiger partial charge is 0.246 e. The summed E-state index contributed by atoms with van der Waals surface area (Å²) in [6.45, 7) is 5.90. The molecule has 0 bridgehead atoms. The van der Waals surface area contributed by atoms with Gasteiger partial charge in [-0.3, -0.25) is 4.79 Å². The van der Waals surface area contributed by atoms with E-state index in [1.807, 2.05) is 0 Å². The average Bonchev–Trinajstić information content (AvgIpc) is 3.54. The minimum atomic E-state index is -0.869. The number of anilines is 1. The number of aromatic amines is 1. The summed E-state index contributed by atoms with van der Waals surface area (Å²) >= 11 is 0. The number of rotatable bonds is 4. The Bertz CT molecular complexity index is 1580. The van der Waals surface area contributed by atoms with Gasteiger partial charge in [0, 0.05) is 19.7 Å². The number of carbonyl (C=O) groups is 1. The summed E-state index contributed by atoms with van der Waals surface area (Å²) in [5.41, 5.74) is 6.49. The number of methoxy groups -OCH3 is 1. The number of nitrogen functional groups attached to an aromatic ring is 1. The molecule has 10 nitrogen and oxygen atoms in total. The van der Waals surface area contributed by atoms with Crippen molar-refractivity contribution in [2.75, 3.05) is 26.0 Å². The summed E-state index contributed by atoms with van der Waals surface area (Å²) in [5.74, 6) is 3.95. The molecule has 3 N–H and O–H groups in total. The second-order valence-electron chi connectivity index (χ2n) is 8.46. The molecule has 1 amide bonds. The zero-order valence-corrected chi connectivity index (χ0v) is 19.5. The van der Waals surface area contributed by atoms with Crippen LogP contribution in [-0.2, 0) is 9.53 Å². The second-order valence-corrected chi connectivity index (χ2v) is 8.46. The van der Waals surface area contributed by atoms with Gasteiger partial charge in [-0.25, -0.2) is 28.4 Å². The van der Waals surface area contributed by atoms with Gasteiger partial charge in [-0.15, -0.1) is 0 Å². The fourth-order valence-corrected chi connectivity index (χ4v) is 4.58. The number of hydrogen-bond donors (Lipinski definition) is 2. The van der Waals surface area contributed by atoms with Crippen LogP contribution in [0, 0.1) is 30.4 Å². The Kier molecular flexibility index (Phi) is 5.85. The highest BCUT2D eigenvalue weighted by Crippen LogP contribution is 2.32. The first-order chi connectivity index (χ1) is 17.3. The van der Waals surface area contributed by atoms with E-state index in [4.69, 9.17) is 10.5 Å². The zero-order chi connectivity index (χ0) is 25.6. The lowest BCUT2D eigenvalue weighted by molar-refractivity contribution is -0.127. The number of imidazole rings is 1. The topological polar surface area (TPSA) is 128 Å². The molecule has 0 radical (unpaired) electrons. The summed E-state index contributed by atoms with van der Waals surface area (Å²) in [4.78, 5) is 29.3.